The van der Waals surface area contributed by atoms with Crippen LogP contribution in [0, 0.1) is 17.3 Å². The van der Waals surface area contributed by atoms with Gasteiger partial charge in [0.1, 0.15) is 11.7 Å². The van der Waals surface area contributed by atoms with Gasteiger partial charge in [-0.3, -0.25) is 4.98 Å². The van der Waals surface area contributed by atoms with Crippen LogP contribution in [0.25, 0.3) is 0 Å². The van der Waals surface area contributed by atoms with E-state index in [1.165, 1.54) is 5.56 Å². The van der Waals surface area contributed by atoms with Gasteiger partial charge in [0.2, 0.25) is 0 Å². The van der Waals surface area contributed by atoms with Crippen LogP contribution in [-0.2, 0) is 5.60 Å². The smallest absolute Gasteiger partial charge is 0.140 e. The third-order valence-electron chi connectivity index (χ3n) is 6.73. The van der Waals surface area contributed by atoms with Crippen molar-refractivity contribution in [3.63, 3.8) is 0 Å². The minimum atomic E-state index is -1.21. The molecule has 1 aliphatic rings. The van der Waals surface area contributed by atoms with Gasteiger partial charge in [-0.2, -0.15) is 0 Å². The molecule has 4 heteroatoms. The lowest BCUT2D eigenvalue weighted by Gasteiger charge is -2.55. The molecule has 4 nitrogen and oxygen atoms in total. The standard InChI is InChI=1S/C29H32N2O2/c1-21(2)23-11-13-25(14-12-23)29(33,28(3)19-31(4)20-28)26-16-22(17-30-18-26)10-15-27(32)24-8-6-5-7-9-24/h5-9,11-14,16-18,21,27,32-33H,19-20H2,1-4H3/t27?,29-/m0/s1. The first-order valence-corrected chi connectivity index (χ1v) is 11.4. The highest BCUT2D eigenvalue weighted by Crippen LogP contribution is 2.50. The summed E-state index contributed by atoms with van der Waals surface area (Å²) in [6, 6.07) is 19.5. The van der Waals surface area contributed by atoms with E-state index < -0.39 is 11.7 Å². The van der Waals surface area contributed by atoms with E-state index in [1.807, 2.05) is 48.5 Å². The highest BCUT2D eigenvalue weighted by atomic mass is 16.3. The molecule has 0 spiro atoms. The van der Waals surface area contributed by atoms with Gasteiger partial charge in [0.15, 0.2) is 0 Å². The number of likely N-dealkylation sites (tertiary alicyclic amines) is 1. The monoisotopic (exact) mass is 440 g/mol. The number of hydrogen-bond acceptors (Lipinski definition) is 4. The van der Waals surface area contributed by atoms with Crippen LogP contribution in [0.1, 0.15) is 60.6 Å². The maximum atomic E-state index is 12.3. The first-order valence-electron chi connectivity index (χ1n) is 11.4. The number of hydrogen-bond donors (Lipinski definition) is 2. The summed E-state index contributed by atoms with van der Waals surface area (Å²) in [6.45, 7) is 8.01. The van der Waals surface area contributed by atoms with E-state index in [0.717, 1.165) is 29.8 Å². The Bertz CT molecular complexity index is 1160. The molecule has 2 N–H and O–H groups in total. The zero-order valence-corrected chi connectivity index (χ0v) is 19.8. The third kappa shape index (κ3) is 4.45. The molecule has 3 aromatic rings. The van der Waals surface area contributed by atoms with Gasteiger partial charge >= 0.3 is 0 Å². The van der Waals surface area contributed by atoms with Gasteiger partial charge in [-0.15, -0.1) is 0 Å². The van der Waals surface area contributed by atoms with Gasteiger partial charge < -0.3 is 15.1 Å². The van der Waals surface area contributed by atoms with Crippen LogP contribution in [0.5, 0.6) is 0 Å². The van der Waals surface area contributed by atoms with Crippen LogP contribution in [-0.4, -0.2) is 40.2 Å². The van der Waals surface area contributed by atoms with Crippen molar-refractivity contribution in [3.05, 3.63) is 101 Å². The lowest BCUT2D eigenvalue weighted by atomic mass is 9.62. The van der Waals surface area contributed by atoms with Crippen molar-refractivity contribution in [1.29, 1.82) is 0 Å². The molecule has 1 saturated heterocycles. The summed E-state index contributed by atoms with van der Waals surface area (Å²) in [5.74, 6) is 6.37. The fourth-order valence-electron chi connectivity index (χ4n) is 4.92. The van der Waals surface area contributed by atoms with E-state index in [9.17, 15) is 10.2 Å². The summed E-state index contributed by atoms with van der Waals surface area (Å²) in [4.78, 5) is 6.61. The van der Waals surface area contributed by atoms with Gasteiger partial charge in [-0.25, -0.2) is 0 Å². The van der Waals surface area contributed by atoms with Gasteiger partial charge in [-0.1, -0.05) is 87.2 Å². The molecule has 1 aromatic heterocycles. The van der Waals surface area contributed by atoms with E-state index >= 15 is 0 Å². The molecule has 2 aromatic carbocycles. The Morgan fingerprint density at radius 1 is 0.970 bits per heavy atom. The van der Waals surface area contributed by atoms with Crippen LogP contribution in [0.2, 0.25) is 0 Å². The van der Waals surface area contributed by atoms with Crippen molar-refractivity contribution in [2.45, 2.75) is 38.4 Å². The average molecular weight is 441 g/mol. The molecule has 2 heterocycles. The van der Waals surface area contributed by atoms with Gasteiger partial charge in [0.25, 0.3) is 0 Å². The van der Waals surface area contributed by atoms with Crippen LogP contribution in [0.4, 0.5) is 0 Å². The number of aliphatic hydroxyl groups is 2. The van der Waals surface area contributed by atoms with Crippen molar-refractivity contribution in [3.8, 4) is 11.8 Å². The van der Waals surface area contributed by atoms with E-state index in [1.54, 1.807) is 12.4 Å². The second kappa shape index (κ2) is 9.11. The highest BCUT2D eigenvalue weighted by Gasteiger charge is 2.55. The molecule has 1 unspecified atom stereocenters. The third-order valence-corrected chi connectivity index (χ3v) is 6.73. The molecule has 170 valence electrons. The summed E-state index contributed by atoms with van der Waals surface area (Å²) < 4.78 is 0. The van der Waals surface area contributed by atoms with Crippen molar-refractivity contribution in [2.75, 3.05) is 20.1 Å². The quantitative estimate of drug-likeness (QED) is 0.575. The lowest BCUT2D eigenvalue weighted by molar-refractivity contribution is -0.127. The van der Waals surface area contributed by atoms with Gasteiger partial charge in [0.05, 0.1) is 0 Å². The normalized spacial score (nSPS) is 18.0. The number of aromatic nitrogens is 1. The maximum absolute atomic E-state index is 12.3. The van der Waals surface area contributed by atoms with Crippen LogP contribution < -0.4 is 0 Å². The molecule has 0 radical (unpaired) electrons. The van der Waals surface area contributed by atoms with Gasteiger partial charge in [0, 0.05) is 42.0 Å². The summed E-state index contributed by atoms with van der Waals surface area (Å²) in [5, 5.41) is 22.7. The lowest BCUT2D eigenvalue weighted by Crippen LogP contribution is -2.63. The van der Waals surface area contributed by atoms with Crippen molar-refractivity contribution >= 4 is 0 Å². The number of benzene rings is 2. The Kier molecular flexibility index (Phi) is 6.41. The molecular formula is C29H32N2O2. The largest absolute Gasteiger partial charge is 0.380 e. The molecule has 4 rings (SSSR count). The Labute approximate surface area is 196 Å². The highest BCUT2D eigenvalue weighted by molar-refractivity contribution is 5.45. The van der Waals surface area contributed by atoms with Crippen LogP contribution in [0.3, 0.4) is 0 Å². The molecule has 33 heavy (non-hydrogen) atoms. The van der Waals surface area contributed by atoms with E-state index in [0.29, 0.717) is 11.5 Å². The zero-order valence-electron chi connectivity index (χ0n) is 19.8. The first-order chi connectivity index (χ1) is 15.7. The first kappa shape index (κ1) is 23.2. The number of pyridine rings is 1. The Balaban J connectivity index is 1.72. The molecular weight excluding hydrogens is 408 g/mol. The van der Waals surface area contributed by atoms with E-state index in [2.05, 4.69) is 61.7 Å². The molecule has 0 bridgehead atoms. The van der Waals surface area contributed by atoms with Crippen molar-refractivity contribution in [2.24, 2.45) is 5.41 Å². The zero-order chi connectivity index (χ0) is 23.6. The molecule has 1 fully saturated rings. The van der Waals surface area contributed by atoms with E-state index in [4.69, 9.17) is 0 Å². The Morgan fingerprint density at radius 2 is 1.64 bits per heavy atom. The molecule has 2 atom stereocenters. The Morgan fingerprint density at radius 3 is 2.24 bits per heavy atom. The topological polar surface area (TPSA) is 56.6 Å². The number of nitrogens with zero attached hydrogens (tertiary/aromatic N) is 2. The van der Waals surface area contributed by atoms with Crippen molar-refractivity contribution < 1.29 is 10.2 Å². The molecule has 0 saturated carbocycles. The summed E-state index contributed by atoms with van der Waals surface area (Å²) in [5.41, 5.74) is 2.66. The fourth-order valence-corrected chi connectivity index (χ4v) is 4.92. The van der Waals surface area contributed by atoms with Crippen LogP contribution in [0.15, 0.2) is 73.1 Å². The van der Waals surface area contributed by atoms with Crippen LogP contribution >= 0.6 is 0 Å². The molecule has 1 aliphatic heterocycles. The second-order valence-electron chi connectivity index (χ2n) is 9.76. The second-order valence-corrected chi connectivity index (χ2v) is 9.76. The Hall–Kier alpha value is -2.97. The minimum absolute atomic E-state index is 0.363. The summed E-state index contributed by atoms with van der Waals surface area (Å²) >= 11 is 0. The molecule has 0 aliphatic carbocycles. The average Bonchev–Trinajstić information content (AvgIpc) is 2.81. The predicted molar refractivity (Wildman–Crippen MR) is 132 cm³/mol. The fraction of sp³-hybridized carbons (Fsp3) is 0.345. The predicted octanol–water partition coefficient (Wildman–Crippen LogP) is 4.48. The SMILES string of the molecule is CC(C)c1ccc([C@](O)(c2cncc(C#CC(O)c3ccccc3)c2)C2(C)CN(C)C2)cc1. The maximum Gasteiger partial charge on any atom is 0.140 e. The summed E-state index contributed by atoms with van der Waals surface area (Å²) in [7, 11) is 2.06. The number of aliphatic hydroxyl groups excluding tert-OH is 1. The van der Waals surface area contributed by atoms with Crippen molar-refractivity contribution in [1.82, 2.24) is 9.88 Å². The van der Waals surface area contributed by atoms with E-state index in [-0.39, 0.29) is 5.41 Å². The molecule has 0 amide bonds. The number of rotatable bonds is 5. The van der Waals surface area contributed by atoms with Gasteiger partial charge in [-0.05, 0) is 35.7 Å². The summed E-state index contributed by atoms with van der Waals surface area (Å²) in [6.07, 6.45) is 2.53. The minimum Gasteiger partial charge on any atom is -0.380 e.